The molecule has 0 unspecified atom stereocenters. The van der Waals surface area contributed by atoms with Crippen LogP contribution in [0.1, 0.15) is 37.7 Å². The average Bonchev–Trinajstić information content (AvgIpc) is 3.12. The lowest BCUT2D eigenvalue weighted by atomic mass is 9.94. The molecular formula is C24H30N4O3. The third kappa shape index (κ3) is 4.83. The second-order valence-corrected chi connectivity index (χ2v) is 8.79. The highest BCUT2D eigenvalue weighted by molar-refractivity contribution is 5.92. The molecule has 1 saturated carbocycles. The summed E-state index contributed by atoms with van der Waals surface area (Å²) in [6.45, 7) is 5.04. The minimum atomic E-state index is -0.487. The second kappa shape index (κ2) is 8.85. The van der Waals surface area contributed by atoms with Gasteiger partial charge in [-0.25, -0.2) is 0 Å². The average molecular weight is 423 g/mol. The zero-order chi connectivity index (χ0) is 21.1. The lowest BCUT2D eigenvalue weighted by molar-refractivity contribution is -0.117. The van der Waals surface area contributed by atoms with E-state index in [1.54, 1.807) is 0 Å². The van der Waals surface area contributed by atoms with Gasteiger partial charge in [0, 0.05) is 69.7 Å². The molecule has 1 aromatic carbocycles. The van der Waals surface area contributed by atoms with Crippen LogP contribution in [0, 0.1) is 0 Å². The highest BCUT2D eigenvalue weighted by Crippen LogP contribution is 2.46. The van der Waals surface area contributed by atoms with Crippen molar-refractivity contribution in [3.63, 3.8) is 0 Å². The van der Waals surface area contributed by atoms with Crippen LogP contribution in [0.5, 0.6) is 11.5 Å². The van der Waals surface area contributed by atoms with E-state index >= 15 is 0 Å². The van der Waals surface area contributed by atoms with Crippen molar-refractivity contribution in [3.05, 3.63) is 48.3 Å². The SMILES string of the molecule is O=C(CN1CCN(Cc2ccncc2)CC1)Nc1ccc2c(c1)OC1(CCCCC1)O2. The first-order valence-electron chi connectivity index (χ1n) is 11.3. The molecule has 2 aromatic rings. The molecule has 1 N–H and O–H groups in total. The number of carbonyl (C=O) groups excluding carboxylic acids is 1. The van der Waals surface area contributed by atoms with E-state index in [0.717, 1.165) is 75.6 Å². The van der Waals surface area contributed by atoms with Crippen LogP contribution in [0.2, 0.25) is 0 Å². The van der Waals surface area contributed by atoms with Gasteiger partial charge >= 0.3 is 0 Å². The number of ether oxygens (including phenoxy) is 2. The summed E-state index contributed by atoms with van der Waals surface area (Å²) in [4.78, 5) is 21.3. The molecule has 2 fully saturated rings. The van der Waals surface area contributed by atoms with E-state index in [4.69, 9.17) is 9.47 Å². The van der Waals surface area contributed by atoms with Crippen LogP contribution >= 0.6 is 0 Å². The van der Waals surface area contributed by atoms with Crippen LogP contribution < -0.4 is 14.8 Å². The summed E-state index contributed by atoms with van der Waals surface area (Å²) in [5, 5.41) is 3.02. The number of pyridine rings is 1. The van der Waals surface area contributed by atoms with Gasteiger partial charge in [-0.2, -0.15) is 0 Å². The molecule has 1 amide bonds. The van der Waals surface area contributed by atoms with E-state index in [-0.39, 0.29) is 5.91 Å². The smallest absolute Gasteiger partial charge is 0.251 e. The molecule has 1 aromatic heterocycles. The number of nitrogens with zero attached hydrogens (tertiary/aromatic N) is 3. The third-order valence-electron chi connectivity index (χ3n) is 6.42. The zero-order valence-corrected chi connectivity index (χ0v) is 17.9. The predicted molar refractivity (Wildman–Crippen MR) is 118 cm³/mol. The number of amides is 1. The van der Waals surface area contributed by atoms with Gasteiger partial charge < -0.3 is 14.8 Å². The number of fused-ring (bicyclic) bond motifs is 1. The molecule has 2 aliphatic heterocycles. The van der Waals surface area contributed by atoms with Gasteiger partial charge in [-0.3, -0.25) is 19.6 Å². The van der Waals surface area contributed by atoms with Gasteiger partial charge in [0.2, 0.25) is 5.91 Å². The van der Waals surface area contributed by atoms with Crippen LogP contribution in [0.25, 0.3) is 0 Å². The fraction of sp³-hybridized carbons (Fsp3) is 0.500. The number of aromatic nitrogens is 1. The van der Waals surface area contributed by atoms with Crippen LogP contribution in [0.4, 0.5) is 5.69 Å². The van der Waals surface area contributed by atoms with Crippen LogP contribution in [-0.4, -0.2) is 59.2 Å². The van der Waals surface area contributed by atoms with Crippen molar-refractivity contribution >= 4 is 11.6 Å². The van der Waals surface area contributed by atoms with E-state index in [0.29, 0.717) is 6.54 Å². The third-order valence-corrected chi connectivity index (χ3v) is 6.42. The molecule has 1 spiro atoms. The van der Waals surface area contributed by atoms with Gasteiger partial charge in [0.15, 0.2) is 11.5 Å². The number of hydrogen-bond acceptors (Lipinski definition) is 6. The summed E-state index contributed by atoms with van der Waals surface area (Å²) < 4.78 is 12.3. The summed E-state index contributed by atoms with van der Waals surface area (Å²) >= 11 is 0. The van der Waals surface area contributed by atoms with Crippen molar-refractivity contribution in [2.75, 3.05) is 38.0 Å². The Morgan fingerprint density at radius 3 is 2.42 bits per heavy atom. The lowest BCUT2D eigenvalue weighted by Crippen LogP contribution is -2.48. The number of nitrogens with one attached hydrogen (secondary N) is 1. The molecule has 0 atom stereocenters. The van der Waals surface area contributed by atoms with Crippen LogP contribution in [0.15, 0.2) is 42.7 Å². The van der Waals surface area contributed by atoms with Gasteiger partial charge in [0.1, 0.15) is 0 Å². The molecule has 31 heavy (non-hydrogen) atoms. The molecule has 1 aliphatic carbocycles. The largest absolute Gasteiger partial charge is 0.448 e. The van der Waals surface area contributed by atoms with Crippen molar-refractivity contribution in [3.8, 4) is 11.5 Å². The van der Waals surface area contributed by atoms with E-state index < -0.39 is 5.79 Å². The maximum atomic E-state index is 12.6. The molecule has 1 saturated heterocycles. The summed E-state index contributed by atoms with van der Waals surface area (Å²) in [7, 11) is 0. The van der Waals surface area contributed by atoms with Crippen LogP contribution in [0.3, 0.4) is 0 Å². The number of benzene rings is 1. The molecule has 0 radical (unpaired) electrons. The first-order chi connectivity index (χ1) is 15.2. The van der Waals surface area contributed by atoms with Crippen molar-refractivity contribution in [1.82, 2.24) is 14.8 Å². The summed E-state index contributed by atoms with van der Waals surface area (Å²) in [6, 6.07) is 9.81. The summed E-state index contributed by atoms with van der Waals surface area (Å²) in [5.74, 6) is 1.04. The molecule has 164 valence electrons. The van der Waals surface area contributed by atoms with Gasteiger partial charge in [0.25, 0.3) is 5.79 Å². The minimum absolute atomic E-state index is 0.00817. The number of piperazine rings is 1. The van der Waals surface area contributed by atoms with E-state index in [2.05, 4.69) is 32.2 Å². The number of rotatable bonds is 5. The quantitative estimate of drug-likeness (QED) is 0.798. The maximum absolute atomic E-state index is 12.6. The monoisotopic (exact) mass is 422 g/mol. The van der Waals surface area contributed by atoms with E-state index in [9.17, 15) is 4.79 Å². The van der Waals surface area contributed by atoms with Gasteiger partial charge in [0.05, 0.1) is 6.54 Å². The number of hydrogen-bond donors (Lipinski definition) is 1. The van der Waals surface area contributed by atoms with Crippen molar-refractivity contribution in [1.29, 1.82) is 0 Å². The van der Waals surface area contributed by atoms with E-state index in [1.165, 1.54) is 12.0 Å². The Kier molecular flexibility index (Phi) is 5.78. The van der Waals surface area contributed by atoms with Crippen molar-refractivity contribution in [2.24, 2.45) is 0 Å². The van der Waals surface area contributed by atoms with Crippen molar-refractivity contribution < 1.29 is 14.3 Å². The predicted octanol–water partition coefficient (Wildman–Crippen LogP) is 3.27. The minimum Gasteiger partial charge on any atom is -0.448 e. The highest BCUT2D eigenvalue weighted by Gasteiger charge is 2.42. The molecule has 7 heteroatoms. The number of carbonyl (C=O) groups is 1. The molecule has 3 aliphatic rings. The Hall–Kier alpha value is -2.64. The Morgan fingerprint density at radius 1 is 0.935 bits per heavy atom. The Balaban J connectivity index is 1.10. The van der Waals surface area contributed by atoms with E-state index in [1.807, 2.05) is 30.6 Å². The van der Waals surface area contributed by atoms with Crippen molar-refractivity contribution in [2.45, 2.75) is 44.4 Å². The maximum Gasteiger partial charge on any atom is 0.251 e. The normalized spacial score (nSPS) is 20.6. The van der Waals surface area contributed by atoms with Gasteiger partial charge in [-0.15, -0.1) is 0 Å². The summed E-state index contributed by atoms with van der Waals surface area (Å²) in [5.41, 5.74) is 2.04. The summed E-state index contributed by atoms with van der Waals surface area (Å²) in [6.07, 6.45) is 9.03. The Bertz CT molecular complexity index is 906. The van der Waals surface area contributed by atoms with Crippen LogP contribution in [-0.2, 0) is 11.3 Å². The highest BCUT2D eigenvalue weighted by atomic mass is 16.7. The first kappa shape index (κ1) is 20.3. The standard InChI is InChI=1S/C24H30N4O3/c29-23(18-28-14-12-27(13-15-28)17-19-6-10-25-11-7-19)26-20-4-5-21-22(16-20)31-24(30-21)8-2-1-3-9-24/h4-7,10-11,16H,1-3,8-9,12-15,17-18H2,(H,26,29). The fourth-order valence-corrected chi connectivity index (χ4v) is 4.72. The topological polar surface area (TPSA) is 66.9 Å². The molecule has 5 rings (SSSR count). The first-order valence-corrected chi connectivity index (χ1v) is 11.3. The molecule has 7 nitrogen and oxygen atoms in total. The van der Waals surface area contributed by atoms with Gasteiger partial charge in [-0.1, -0.05) is 6.42 Å². The second-order valence-electron chi connectivity index (χ2n) is 8.79. The fourth-order valence-electron chi connectivity index (χ4n) is 4.72. The zero-order valence-electron chi connectivity index (χ0n) is 17.9. The Morgan fingerprint density at radius 2 is 1.65 bits per heavy atom. The lowest BCUT2D eigenvalue weighted by Gasteiger charge is -2.34. The molecule has 0 bridgehead atoms. The molecule has 3 heterocycles. The molecular weight excluding hydrogens is 392 g/mol. The number of anilines is 1. The van der Waals surface area contributed by atoms with Gasteiger partial charge in [-0.05, 0) is 42.7 Å². The Labute approximate surface area is 183 Å².